The molecule has 8 nitrogen and oxygen atoms in total. The van der Waals surface area contributed by atoms with E-state index in [0.717, 1.165) is 24.8 Å². The molecule has 9 heteroatoms. The smallest absolute Gasteiger partial charge is 0.322 e. The number of carbonyl (C=O) groups excluding carboxylic acids is 1. The van der Waals surface area contributed by atoms with Gasteiger partial charge in [-0.15, -0.1) is 5.10 Å². The molecule has 1 N–H and O–H groups in total. The minimum Gasteiger partial charge on any atom is -0.403 e. The first-order valence-electron chi connectivity index (χ1n) is 9.77. The zero-order valence-electron chi connectivity index (χ0n) is 16.5. The van der Waals surface area contributed by atoms with Crippen LogP contribution < -0.4 is 5.32 Å². The number of benzene rings is 2. The second kappa shape index (κ2) is 8.37. The Morgan fingerprint density at radius 2 is 1.80 bits per heavy atom. The summed E-state index contributed by atoms with van der Waals surface area (Å²) in [6, 6.07) is 15.0. The predicted molar refractivity (Wildman–Crippen MR) is 111 cm³/mol. The molecule has 4 rings (SSSR count). The van der Waals surface area contributed by atoms with Gasteiger partial charge in [-0.05, 0) is 56.2 Å². The van der Waals surface area contributed by atoms with Gasteiger partial charge in [-0.25, -0.2) is 8.42 Å². The highest BCUT2D eigenvalue weighted by Crippen LogP contribution is 2.25. The van der Waals surface area contributed by atoms with Crippen LogP contribution in [-0.4, -0.2) is 41.4 Å². The average Bonchev–Trinajstić information content (AvgIpc) is 3.23. The molecule has 0 bridgehead atoms. The number of carbonyl (C=O) groups is 1. The van der Waals surface area contributed by atoms with E-state index in [9.17, 15) is 13.2 Å². The maximum absolute atomic E-state index is 12.9. The van der Waals surface area contributed by atoms with E-state index in [1.54, 1.807) is 0 Å². The number of rotatable bonds is 5. The van der Waals surface area contributed by atoms with Gasteiger partial charge in [0, 0.05) is 23.7 Å². The summed E-state index contributed by atoms with van der Waals surface area (Å²) in [7, 11) is -3.58. The Balaban J connectivity index is 1.46. The number of anilines is 1. The van der Waals surface area contributed by atoms with E-state index in [-0.39, 0.29) is 17.0 Å². The standard InChI is InChI=1S/C21H22N4O4S/c1-15-7-5-6-14-25(15)30(27,28)18-12-10-16(11-13-18)19(26)22-21-24-23-20(29-21)17-8-3-2-4-9-17/h2-4,8-13,15H,5-7,14H2,1H3,(H,22,24,26). The topological polar surface area (TPSA) is 105 Å². The number of aromatic nitrogens is 2. The van der Waals surface area contributed by atoms with Crippen molar-refractivity contribution in [1.29, 1.82) is 0 Å². The van der Waals surface area contributed by atoms with Crippen LogP contribution in [0, 0.1) is 0 Å². The zero-order chi connectivity index (χ0) is 21.1. The molecule has 2 heterocycles. The van der Waals surface area contributed by atoms with Crippen LogP contribution >= 0.6 is 0 Å². The van der Waals surface area contributed by atoms with E-state index in [1.807, 2.05) is 37.3 Å². The fraction of sp³-hybridized carbons (Fsp3) is 0.286. The van der Waals surface area contributed by atoms with Gasteiger partial charge in [0.05, 0.1) is 4.90 Å². The van der Waals surface area contributed by atoms with Crippen molar-refractivity contribution in [3.05, 3.63) is 60.2 Å². The van der Waals surface area contributed by atoms with Gasteiger partial charge in [0.25, 0.3) is 5.91 Å². The number of sulfonamides is 1. The second-order valence-electron chi connectivity index (χ2n) is 7.22. The quantitative estimate of drug-likeness (QED) is 0.669. The van der Waals surface area contributed by atoms with Crippen molar-refractivity contribution in [2.75, 3.05) is 11.9 Å². The van der Waals surface area contributed by atoms with Crippen molar-refractivity contribution in [2.24, 2.45) is 0 Å². The van der Waals surface area contributed by atoms with Crippen molar-refractivity contribution >= 4 is 21.9 Å². The molecule has 0 aliphatic carbocycles. The fourth-order valence-corrected chi connectivity index (χ4v) is 5.18. The largest absolute Gasteiger partial charge is 0.403 e. The van der Waals surface area contributed by atoms with Crippen LogP contribution in [0.25, 0.3) is 11.5 Å². The average molecular weight is 426 g/mol. The van der Waals surface area contributed by atoms with E-state index < -0.39 is 15.9 Å². The first-order chi connectivity index (χ1) is 14.4. The van der Waals surface area contributed by atoms with E-state index in [4.69, 9.17) is 4.42 Å². The van der Waals surface area contributed by atoms with Crippen LogP contribution in [0.5, 0.6) is 0 Å². The third-order valence-corrected chi connectivity index (χ3v) is 7.16. The van der Waals surface area contributed by atoms with Gasteiger partial charge in [0.15, 0.2) is 0 Å². The summed E-state index contributed by atoms with van der Waals surface area (Å²) in [4.78, 5) is 12.7. The van der Waals surface area contributed by atoms with Crippen molar-refractivity contribution in [3.8, 4) is 11.5 Å². The minimum atomic E-state index is -3.58. The molecule has 0 saturated carbocycles. The lowest BCUT2D eigenvalue weighted by molar-refractivity contribution is 0.102. The fourth-order valence-electron chi connectivity index (χ4n) is 3.48. The normalized spacial score (nSPS) is 17.6. The maximum Gasteiger partial charge on any atom is 0.322 e. The van der Waals surface area contributed by atoms with E-state index in [0.29, 0.717) is 18.0 Å². The number of piperidine rings is 1. The molecule has 30 heavy (non-hydrogen) atoms. The van der Waals surface area contributed by atoms with Gasteiger partial charge in [-0.3, -0.25) is 10.1 Å². The summed E-state index contributed by atoms with van der Waals surface area (Å²) in [5, 5.41) is 10.3. The molecule has 0 spiro atoms. The summed E-state index contributed by atoms with van der Waals surface area (Å²) in [6.45, 7) is 2.44. The molecular weight excluding hydrogens is 404 g/mol. The van der Waals surface area contributed by atoms with Crippen LogP contribution in [0.2, 0.25) is 0 Å². The van der Waals surface area contributed by atoms with Crippen LogP contribution in [0.15, 0.2) is 63.9 Å². The van der Waals surface area contributed by atoms with Crippen molar-refractivity contribution in [2.45, 2.75) is 37.1 Å². The Morgan fingerprint density at radius 1 is 1.07 bits per heavy atom. The van der Waals surface area contributed by atoms with Crippen molar-refractivity contribution in [1.82, 2.24) is 14.5 Å². The number of nitrogens with one attached hydrogen (secondary N) is 1. The molecule has 1 amide bonds. The molecule has 3 aromatic rings. The molecule has 1 unspecified atom stereocenters. The number of hydrogen-bond acceptors (Lipinski definition) is 6. The van der Waals surface area contributed by atoms with Gasteiger partial charge in [-0.2, -0.15) is 4.31 Å². The first kappa shape index (κ1) is 20.2. The summed E-state index contributed by atoms with van der Waals surface area (Å²) in [6.07, 6.45) is 2.75. The van der Waals surface area contributed by atoms with Crippen molar-refractivity contribution in [3.63, 3.8) is 0 Å². The Morgan fingerprint density at radius 3 is 2.50 bits per heavy atom. The lowest BCUT2D eigenvalue weighted by atomic mass is 10.1. The number of nitrogens with zero attached hydrogens (tertiary/aromatic N) is 3. The maximum atomic E-state index is 12.9. The molecule has 1 aliphatic rings. The van der Waals surface area contributed by atoms with Crippen molar-refractivity contribution < 1.29 is 17.6 Å². The highest BCUT2D eigenvalue weighted by atomic mass is 32.2. The van der Waals surface area contributed by atoms with E-state index in [1.165, 1.54) is 28.6 Å². The number of hydrogen-bond donors (Lipinski definition) is 1. The summed E-state index contributed by atoms with van der Waals surface area (Å²) < 4.78 is 32.8. The van der Waals surface area contributed by atoms with Crippen LogP contribution in [0.4, 0.5) is 6.01 Å². The Kier molecular flexibility index (Phi) is 5.65. The summed E-state index contributed by atoms with van der Waals surface area (Å²) in [5.41, 5.74) is 1.03. The molecular formula is C21H22N4O4S. The van der Waals surface area contributed by atoms with Gasteiger partial charge in [0.1, 0.15) is 0 Å². The Hall–Kier alpha value is -3.04. The SMILES string of the molecule is CC1CCCCN1S(=O)(=O)c1ccc(C(=O)Nc2nnc(-c3ccccc3)o2)cc1. The third-order valence-electron chi connectivity index (χ3n) is 5.13. The highest BCUT2D eigenvalue weighted by molar-refractivity contribution is 7.89. The second-order valence-corrected chi connectivity index (χ2v) is 9.11. The molecule has 1 aliphatic heterocycles. The lowest BCUT2D eigenvalue weighted by Crippen LogP contribution is -2.41. The Bertz CT molecular complexity index is 1130. The molecule has 1 atom stereocenters. The molecule has 1 aromatic heterocycles. The first-order valence-corrected chi connectivity index (χ1v) is 11.2. The number of amides is 1. The molecule has 2 aromatic carbocycles. The summed E-state index contributed by atoms with van der Waals surface area (Å²) in [5.74, 6) is -0.170. The van der Waals surface area contributed by atoms with Gasteiger partial charge >= 0.3 is 6.01 Å². The third kappa shape index (κ3) is 4.12. The van der Waals surface area contributed by atoms with Crippen LogP contribution in [-0.2, 0) is 10.0 Å². The predicted octanol–water partition coefficient (Wildman–Crippen LogP) is 3.55. The van der Waals surface area contributed by atoms with Crippen LogP contribution in [0.1, 0.15) is 36.5 Å². The van der Waals surface area contributed by atoms with E-state index in [2.05, 4.69) is 15.5 Å². The molecule has 1 fully saturated rings. The minimum absolute atomic E-state index is 0.0249. The lowest BCUT2D eigenvalue weighted by Gasteiger charge is -2.32. The molecule has 0 radical (unpaired) electrons. The van der Waals surface area contributed by atoms with Crippen LogP contribution in [0.3, 0.4) is 0 Å². The van der Waals surface area contributed by atoms with E-state index >= 15 is 0 Å². The summed E-state index contributed by atoms with van der Waals surface area (Å²) >= 11 is 0. The Labute approximate surface area is 175 Å². The molecule has 1 saturated heterocycles. The zero-order valence-corrected chi connectivity index (χ0v) is 17.3. The van der Waals surface area contributed by atoms with Gasteiger partial charge in [0.2, 0.25) is 15.9 Å². The molecule has 156 valence electrons. The highest BCUT2D eigenvalue weighted by Gasteiger charge is 2.31. The van der Waals surface area contributed by atoms with Gasteiger partial charge in [-0.1, -0.05) is 29.7 Å². The monoisotopic (exact) mass is 426 g/mol. The van der Waals surface area contributed by atoms with Gasteiger partial charge < -0.3 is 4.42 Å².